The number of carbonyl (C=O) groups excluding carboxylic acids is 3. The van der Waals surface area contributed by atoms with Gasteiger partial charge in [0, 0.05) is 11.4 Å². The summed E-state index contributed by atoms with van der Waals surface area (Å²) in [6, 6.07) is 15.4. The molecule has 33 heavy (non-hydrogen) atoms. The second kappa shape index (κ2) is 6.78. The molecule has 6 heteroatoms. The number of aryl methyl sites for hydroxylation is 1. The van der Waals surface area contributed by atoms with Crippen molar-refractivity contribution in [3.63, 3.8) is 0 Å². The lowest BCUT2D eigenvalue weighted by atomic mass is 9.64. The number of nitrogens with zero attached hydrogens (tertiary/aromatic N) is 1. The molecule has 2 aromatic carbocycles. The molecule has 0 radical (unpaired) electrons. The van der Waals surface area contributed by atoms with Crippen LogP contribution in [0, 0.1) is 12.8 Å². The molecule has 164 valence electrons. The number of fused-ring (bicyclic) bond motifs is 6. The van der Waals surface area contributed by atoms with Crippen molar-refractivity contribution in [1.82, 2.24) is 0 Å². The fraction of sp³-hybridized carbons (Fsp3) is 0.222. The Morgan fingerprint density at radius 3 is 2.67 bits per heavy atom. The maximum Gasteiger partial charge on any atom is 0.238 e. The first-order valence-electron chi connectivity index (χ1n) is 11.0. The number of nitrogens with one attached hydrogen (secondary N) is 1. The lowest BCUT2D eigenvalue weighted by Crippen LogP contribution is -2.51. The smallest absolute Gasteiger partial charge is 0.238 e. The van der Waals surface area contributed by atoms with Gasteiger partial charge in [0.1, 0.15) is 5.41 Å². The Balaban J connectivity index is 1.67. The van der Waals surface area contributed by atoms with Gasteiger partial charge in [-0.3, -0.25) is 14.4 Å². The van der Waals surface area contributed by atoms with Gasteiger partial charge in [-0.2, -0.15) is 0 Å². The minimum absolute atomic E-state index is 0.149. The topological polar surface area (TPSA) is 79.6 Å². The second-order valence-electron chi connectivity index (χ2n) is 9.02. The van der Waals surface area contributed by atoms with Crippen LogP contribution in [0.2, 0.25) is 0 Å². The predicted octanol–water partition coefficient (Wildman–Crippen LogP) is 4.15. The van der Waals surface area contributed by atoms with Crippen molar-refractivity contribution in [2.24, 2.45) is 5.92 Å². The average molecular weight is 438 g/mol. The number of rotatable bonds is 3. The van der Waals surface area contributed by atoms with E-state index in [9.17, 15) is 14.4 Å². The lowest BCUT2D eigenvalue weighted by molar-refractivity contribution is -0.122. The van der Waals surface area contributed by atoms with Gasteiger partial charge >= 0.3 is 0 Å². The summed E-state index contributed by atoms with van der Waals surface area (Å²) >= 11 is 0. The second-order valence-corrected chi connectivity index (χ2v) is 9.02. The maximum atomic E-state index is 14.0. The van der Waals surface area contributed by atoms with Gasteiger partial charge in [0.2, 0.25) is 11.7 Å². The molecule has 0 saturated carbocycles. The molecule has 4 atom stereocenters. The van der Waals surface area contributed by atoms with E-state index >= 15 is 0 Å². The summed E-state index contributed by atoms with van der Waals surface area (Å²) in [7, 11) is 0. The first kappa shape index (κ1) is 19.7. The molecule has 4 unspecified atom stereocenters. The highest BCUT2D eigenvalue weighted by Crippen LogP contribution is 2.57. The standard InChI is InChI=1S/C27H22N2O4/c1-15-9-11-20-17(14-15)10-12-22-27(18-6-3-4-7-19(18)28-26(27)32)23(24(16(2)30)29(20)22)25(31)21-8-5-13-33-21/h3-14,22-24H,1-2H3,(H,28,32). The molecular formula is C27H22N2O4. The first-order valence-corrected chi connectivity index (χ1v) is 11.0. The summed E-state index contributed by atoms with van der Waals surface area (Å²) < 4.78 is 5.47. The monoisotopic (exact) mass is 438 g/mol. The van der Waals surface area contributed by atoms with Gasteiger partial charge in [-0.05, 0) is 55.3 Å². The molecule has 4 heterocycles. The molecule has 1 fully saturated rings. The number of benzene rings is 2. The molecule has 6 nitrogen and oxygen atoms in total. The number of para-hydroxylation sites is 1. The average Bonchev–Trinajstić information content (AvgIpc) is 3.50. The van der Waals surface area contributed by atoms with E-state index in [1.54, 1.807) is 12.1 Å². The van der Waals surface area contributed by atoms with Crippen molar-refractivity contribution in [3.05, 3.63) is 89.4 Å². The normalized spacial score (nSPS) is 26.7. The van der Waals surface area contributed by atoms with Crippen molar-refractivity contribution in [2.75, 3.05) is 10.2 Å². The summed E-state index contributed by atoms with van der Waals surface area (Å²) in [4.78, 5) is 43.1. The summed E-state index contributed by atoms with van der Waals surface area (Å²) in [5.41, 5.74) is 3.05. The molecule has 3 aliphatic heterocycles. The van der Waals surface area contributed by atoms with Crippen LogP contribution in [0.15, 0.2) is 71.4 Å². The molecule has 0 aliphatic carbocycles. The van der Waals surface area contributed by atoms with Crippen LogP contribution < -0.4 is 10.2 Å². The minimum Gasteiger partial charge on any atom is -0.461 e. The van der Waals surface area contributed by atoms with E-state index in [2.05, 4.69) is 11.4 Å². The number of carbonyl (C=O) groups is 3. The third kappa shape index (κ3) is 2.46. The Bertz CT molecular complexity index is 1360. The SMILES string of the molecule is CC(=O)C1C(C(=O)c2ccco2)C2(C(=O)Nc3ccccc32)C2C=Cc3cc(C)ccc3N12. The minimum atomic E-state index is -1.27. The van der Waals surface area contributed by atoms with Crippen molar-refractivity contribution in [3.8, 4) is 0 Å². The van der Waals surface area contributed by atoms with Crippen LogP contribution in [0.25, 0.3) is 6.08 Å². The van der Waals surface area contributed by atoms with Crippen molar-refractivity contribution in [2.45, 2.75) is 31.3 Å². The maximum absolute atomic E-state index is 14.0. The fourth-order valence-electron chi connectivity index (χ4n) is 6.02. The molecule has 1 N–H and O–H groups in total. The van der Waals surface area contributed by atoms with Gasteiger partial charge in [-0.1, -0.05) is 42.0 Å². The Hall–Kier alpha value is -3.93. The van der Waals surface area contributed by atoms with Crippen LogP contribution in [0.1, 0.15) is 34.2 Å². The summed E-state index contributed by atoms with van der Waals surface area (Å²) in [5.74, 6) is -1.58. The summed E-state index contributed by atoms with van der Waals surface area (Å²) in [6.45, 7) is 3.51. The van der Waals surface area contributed by atoms with Gasteiger partial charge in [-0.25, -0.2) is 0 Å². The number of hydrogen-bond acceptors (Lipinski definition) is 5. The first-order chi connectivity index (χ1) is 15.9. The van der Waals surface area contributed by atoms with E-state index < -0.39 is 23.4 Å². The van der Waals surface area contributed by atoms with Gasteiger partial charge < -0.3 is 14.6 Å². The zero-order valence-corrected chi connectivity index (χ0v) is 18.2. The number of Topliss-reactive ketones (excluding diaryl/α,β-unsaturated/α-hetero) is 2. The van der Waals surface area contributed by atoms with Gasteiger partial charge in [0.05, 0.1) is 24.3 Å². The highest BCUT2D eigenvalue weighted by Gasteiger charge is 2.70. The quantitative estimate of drug-likeness (QED) is 0.622. The van der Waals surface area contributed by atoms with Gasteiger partial charge in [0.25, 0.3) is 0 Å². The molecule has 1 aromatic heterocycles. The zero-order valence-electron chi connectivity index (χ0n) is 18.2. The largest absolute Gasteiger partial charge is 0.461 e. The Morgan fingerprint density at radius 1 is 1.09 bits per heavy atom. The predicted molar refractivity (Wildman–Crippen MR) is 124 cm³/mol. The highest BCUT2D eigenvalue weighted by molar-refractivity contribution is 6.16. The van der Waals surface area contributed by atoms with E-state index in [-0.39, 0.29) is 23.2 Å². The summed E-state index contributed by atoms with van der Waals surface area (Å²) in [5, 5.41) is 2.99. The summed E-state index contributed by atoms with van der Waals surface area (Å²) in [6.07, 6.45) is 5.40. The van der Waals surface area contributed by atoms with Crippen molar-refractivity contribution >= 4 is 34.9 Å². The van der Waals surface area contributed by atoms with Gasteiger partial charge in [0.15, 0.2) is 11.5 Å². The fourth-order valence-corrected chi connectivity index (χ4v) is 6.02. The van der Waals surface area contributed by atoms with E-state index in [0.717, 1.165) is 22.4 Å². The van der Waals surface area contributed by atoms with Crippen molar-refractivity contribution < 1.29 is 18.8 Å². The highest BCUT2D eigenvalue weighted by atomic mass is 16.3. The van der Waals surface area contributed by atoms with Crippen molar-refractivity contribution in [1.29, 1.82) is 0 Å². The van der Waals surface area contributed by atoms with Crippen LogP contribution >= 0.6 is 0 Å². The molecule has 0 bridgehead atoms. The number of ketones is 2. The third-order valence-corrected chi connectivity index (χ3v) is 7.25. The Morgan fingerprint density at radius 2 is 1.91 bits per heavy atom. The molecular weight excluding hydrogens is 416 g/mol. The number of amides is 1. The molecule has 1 saturated heterocycles. The Kier molecular flexibility index (Phi) is 4.06. The van der Waals surface area contributed by atoms with Gasteiger partial charge in [-0.15, -0.1) is 0 Å². The lowest BCUT2D eigenvalue weighted by Gasteiger charge is -2.37. The van der Waals surface area contributed by atoms with E-state index in [4.69, 9.17) is 4.42 Å². The molecule has 1 spiro atoms. The van der Waals surface area contributed by atoms with Crippen LogP contribution in [-0.4, -0.2) is 29.6 Å². The molecule has 3 aromatic rings. The van der Waals surface area contributed by atoms with E-state index in [0.29, 0.717) is 5.69 Å². The molecule has 3 aliphatic rings. The van der Waals surface area contributed by atoms with E-state index in [1.165, 1.54) is 13.2 Å². The zero-order chi connectivity index (χ0) is 22.9. The molecule has 6 rings (SSSR count). The van der Waals surface area contributed by atoms with Crippen LogP contribution in [-0.2, 0) is 15.0 Å². The number of furan rings is 1. The molecule has 1 amide bonds. The van der Waals surface area contributed by atoms with Crippen LogP contribution in [0.3, 0.4) is 0 Å². The van der Waals surface area contributed by atoms with Crippen LogP contribution in [0.4, 0.5) is 11.4 Å². The number of anilines is 2. The van der Waals surface area contributed by atoms with E-state index in [1.807, 2.05) is 60.4 Å². The third-order valence-electron chi connectivity index (χ3n) is 7.25. The number of hydrogen-bond donors (Lipinski definition) is 1. The Labute approximate surface area is 190 Å². The van der Waals surface area contributed by atoms with Crippen LogP contribution in [0.5, 0.6) is 0 Å².